The summed E-state index contributed by atoms with van der Waals surface area (Å²) in [6, 6.07) is 8.10. The summed E-state index contributed by atoms with van der Waals surface area (Å²) in [6.07, 6.45) is 6.35. The van der Waals surface area contributed by atoms with Gasteiger partial charge in [-0.05, 0) is 93.7 Å². The van der Waals surface area contributed by atoms with Crippen LogP contribution >= 0.6 is 0 Å². The highest BCUT2D eigenvalue weighted by Gasteiger charge is 2.51. The first kappa shape index (κ1) is 29.0. The van der Waals surface area contributed by atoms with Crippen LogP contribution in [-0.4, -0.2) is 60.7 Å². The minimum absolute atomic E-state index is 0.0299. The monoisotopic (exact) mass is 589 g/mol. The van der Waals surface area contributed by atoms with Crippen molar-refractivity contribution in [3.05, 3.63) is 88.3 Å². The van der Waals surface area contributed by atoms with Crippen LogP contribution < -0.4 is 16.0 Å². The molecule has 2 aromatic carbocycles. The van der Waals surface area contributed by atoms with Gasteiger partial charge in [-0.1, -0.05) is 25.1 Å². The molecule has 8 nitrogen and oxygen atoms in total. The fourth-order valence-corrected chi connectivity index (χ4v) is 6.90. The molecule has 0 saturated carbocycles. The molecule has 1 fully saturated rings. The van der Waals surface area contributed by atoms with Crippen LogP contribution in [0.3, 0.4) is 0 Å². The van der Waals surface area contributed by atoms with Crippen LogP contribution in [0.5, 0.6) is 0 Å². The van der Waals surface area contributed by atoms with E-state index < -0.39 is 34.4 Å². The van der Waals surface area contributed by atoms with Crippen molar-refractivity contribution in [2.45, 2.75) is 45.6 Å². The number of benzene rings is 2. The molecule has 2 aromatic rings. The van der Waals surface area contributed by atoms with Crippen LogP contribution in [0.25, 0.3) is 0 Å². The number of piperidine rings is 1. The molecule has 226 valence electrons. The number of allylic oxidation sites excluding steroid dienone is 1. The largest absolute Gasteiger partial charge is 0.368 e. The van der Waals surface area contributed by atoms with Crippen LogP contribution in [0, 0.1) is 22.5 Å². The fourth-order valence-electron chi connectivity index (χ4n) is 6.90. The average molecular weight is 590 g/mol. The highest BCUT2D eigenvalue weighted by atomic mass is 19.1. The third kappa shape index (κ3) is 5.33. The van der Waals surface area contributed by atoms with Crippen LogP contribution in [0.2, 0.25) is 0 Å². The maximum absolute atomic E-state index is 14.1. The summed E-state index contributed by atoms with van der Waals surface area (Å²) in [5.41, 5.74) is 2.47. The maximum atomic E-state index is 14.1. The van der Waals surface area contributed by atoms with Crippen molar-refractivity contribution in [3.8, 4) is 0 Å². The first-order chi connectivity index (χ1) is 20.5. The van der Waals surface area contributed by atoms with E-state index in [9.17, 15) is 23.2 Å². The van der Waals surface area contributed by atoms with Gasteiger partial charge in [0, 0.05) is 29.3 Å². The lowest BCUT2D eigenvalue weighted by atomic mass is 9.78. The van der Waals surface area contributed by atoms with E-state index in [4.69, 9.17) is 0 Å². The zero-order chi connectivity index (χ0) is 30.5. The molecule has 0 aromatic heterocycles. The number of rotatable bonds is 6. The number of amides is 3. The van der Waals surface area contributed by atoms with E-state index in [0.717, 1.165) is 41.7 Å². The van der Waals surface area contributed by atoms with E-state index in [1.54, 1.807) is 6.92 Å². The predicted molar refractivity (Wildman–Crippen MR) is 159 cm³/mol. The van der Waals surface area contributed by atoms with Gasteiger partial charge in [0.25, 0.3) is 0 Å². The molecule has 4 aliphatic rings. The summed E-state index contributed by atoms with van der Waals surface area (Å²) in [5, 5.41) is 9.15. The van der Waals surface area contributed by atoms with Gasteiger partial charge in [0.15, 0.2) is 0 Å². The van der Waals surface area contributed by atoms with E-state index in [0.29, 0.717) is 37.9 Å². The van der Waals surface area contributed by atoms with Crippen molar-refractivity contribution in [2.24, 2.45) is 10.8 Å². The summed E-state index contributed by atoms with van der Waals surface area (Å²) in [7, 11) is 2.00. The van der Waals surface area contributed by atoms with Crippen LogP contribution in [0.4, 0.5) is 14.5 Å². The molecule has 1 aliphatic carbocycles. The Morgan fingerprint density at radius 2 is 1.77 bits per heavy atom. The van der Waals surface area contributed by atoms with E-state index in [1.807, 2.05) is 44.3 Å². The normalized spacial score (nSPS) is 23.0. The summed E-state index contributed by atoms with van der Waals surface area (Å²) in [6.45, 7) is 5.46. The molecule has 3 N–H and O–H groups in total. The SMILES string of the molecule is C[C@H](c1cc(F)cc(F)c1)N(CC(=O)Nc1ccc2c(c1)C[C@@]1(C2)C(=O)NC2=C1C=CCN2)C(=O)C1(C)CCN(C)CC1. The van der Waals surface area contributed by atoms with Gasteiger partial charge in [-0.25, -0.2) is 8.78 Å². The second kappa shape index (κ2) is 10.9. The summed E-state index contributed by atoms with van der Waals surface area (Å²) < 4.78 is 28.3. The van der Waals surface area contributed by atoms with Gasteiger partial charge >= 0.3 is 0 Å². The van der Waals surface area contributed by atoms with E-state index in [-0.39, 0.29) is 23.9 Å². The molecule has 3 heterocycles. The fraction of sp³-hybridized carbons (Fsp3) is 0.424. The number of carbonyl (C=O) groups is 3. The molecule has 1 saturated heterocycles. The van der Waals surface area contributed by atoms with Crippen LogP contribution in [-0.2, 0) is 27.2 Å². The average Bonchev–Trinajstić information content (AvgIpc) is 3.48. The van der Waals surface area contributed by atoms with E-state index in [1.165, 1.54) is 17.0 Å². The lowest BCUT2D eigenvalue weighted by molar-refractivity contribution is -0.148. The topological polar surface area (TPSA) is 93.8 Å². The second-order valence-electron chi connectivity index (χ2n) is 12.7. The van der Waals surface area contributed by atoms with Crippen molar-refractivity contribution in [3.63, 3.8) is 0 Å². The van der Waals surface area contributed by atoms with Gasteiger partial charge in [-0.3, -0.25) is 14.4 Å². The third-order valence-electron chi connectivity index (χ3n) is 9.63. The molecule has 2 atom stereocenters. The number of halogens is 2. The molecule has 1 spiro atoms. The van der Waals surface area contributed by atoms with Gasteiger partial charge < -0.3 is 25.8 Å². The molecular weight excluding hydrogens is 552 g/mol. The Balaban J connectivity index is 1.22. The van der Waals surface area contributed by atoms with Gasteiger partial charge in [0.05, 0.1) is 11.5 Å². The number of hydrogen-bond donors (Lipinski definition) is 3. The van der Waals surface area contributed by atoms with Gasteiger partial charge in [0.1, 0.15) is 24.0 Å². The second-order valence-corrected chi connectivity index (χ2v) is 12.7. The van der Waals surface area contributed by atoms with Crippen molar-refractivity contribution in [1.29, 1.82) is 0 Å². The summed E-state index contributed by atoms with van der Waals surface area (Å²) >= 11 is 0. The number of carbonyl (C=O) groups excluding carboxylic acids is 3. The Morgan fingerprint density at radius 3 is 2.49 bits per heavy atom. The van der Waals surface area contributed by atoms with Crippen molar-refractivity contribution in [2.75, 3.05) is 38.5 Å². The minimum atomic E-state index is -0.738. The number of anilines is 1. The number of likely N-dealkylation sites (tertiary alicyclic amines) is 1. The number of dihydropyridines is 1. The van der Waals surface area contributed by atoms with Crippen LogP contribution in [0.1, 0.15) is 49.4 Å². The van der Waals surface area contributed by atoms with E-state index in [2.05, 4.69) is 20.9 Å². The molecule has 3 aliphatic heterocycles. The minimum Gasteiger partial charge on any atom is -0.368 e. The van der Waals surface area contributed by atoms with E-state index >= 15 is 0 Å². The number of fused-ring (bicyclic) bond motifs is 2. The molecule has 0 radical (unpaired) electrons. The Bertz CT molecular complexity index is 1540. The zero-order valence-corrected chi connectivity index (χ0v) is 24.7. The number of nitrogens with zero attached hydrogens (tertiary/aromatic N) is 2. The van der Waals surface area contributed by atoms with Gasteiger partial charge in [-0.2, -0.15) is 0 Å². The lowest BCUT2D eigenvalue weighted by Crippen LogP contribution is -2.50. The molecule has 3 amide bonds. The molecule has 0 unspecified atom stereocenters. The van der Waals surface area contributed by atoms with Gasteiger partial charge in [0.2, 0.25) is 17.7 Å². The summed E-state index contributed by atoms with van der Waals surface area (Å²) in [5.74, 6) is -1.36. The Kier molecular flexibility index (Phi) is 7.36. The quantitative estimate of drug-likeness (QED) is 0.477. The highest BCUT2D eigenvalue weighted by Crippen LogP contribution is 2.48. The number of nitrogens with one attached hydrogen (secondary N) is 3. The van der Waals surface area contributed by atoms with Crippen molar-refractivity contribution < 1.29 is 23.2 Å². The van der Waals surface area contributed by atoms with Crippen LogP contribution in [0.15, 0.2) is 59.9 Å². The zero-order valence-electron chi connectivity index (χ0n) is 24.7. The molecule has 6 rings (SSSR count). The maximum Gasteiger partial charge on any atom is 0.244 e. The first-order valence-corrected chi connectivity index (χ1v) is 14.8. The Hall–Kier alpha value is -4.05. The standard InChI is InChI=1S/C33H37F2N5O3/c1-20(22-13-24(34)16-25(35)14-22)40(31(43)32(2)8-11-39(3)12-9-32)19-28(41)37-26-7-6-21-17-33(18-23(21)15-26)27-5-4-10-36-29(27)38-30(33)42/h4-7,13-16,20,36H,8-12,17-19H2,1-3H3,(H,37,41)(H,38,42)/t20-,33-/m1/s1. The smallest absolute Gasteiger partial charge is 0.244 e. The number of hydrogen-bond acceptors (Lipinski definition) is 5. The van der Waals surface area contributed by atoms with Crippen molar-refractivity contribution >= 4 is 23.4 Å². The Labute approximate surface area is 250 Å². The Morgan fingerprint density at radius 1 is 1.07 bits per heavy atom. The third-order valence-corrected chi connectivity index (χ3v) is 9.63. The summed E-state index contributed by atoms with van der Waals surface area (Å²) in [4.78, 5) is 44.2. The molecule has 10 heteroatoms. The first-order valence-electron chi connectivity index (χ1n) is 14.8. The van der Waals surface area contributed by atoms with Gasteiger partial charge in [-0.15, -0.1) is 0 Å². The molecular formula is C33H37F2N5O3. The molecule has 0 bridgehead atoms. The lowest BCUT2D eigenvalue weighted by Gasteiger charge is -2.41. The predicted octanol–water partition coefficient (Wildman–Crippen LogP) is 3.81. The molecule has 43 heavy (non-hydrogen) atoms. The van der Waals surface area contributed by atoms with Crippen molar-refractivity contribution in [1.82, 2.24) is 20.4 Å². The highest BCUT2D eigenvalue weighted by molar-refractivity contribution is 5.96.